The van der Waals surface area contributed by atoms with Gasteiger partial charge in [0.15, 0.2) is 11.5 Å². The van der Waals surface area contributed by atoms with Gasteiger partial charge in [0, 0.05) is 14.5 Å². The van der Waals surface area contributed by atoms with Crippen LogP contribution in [0.5, 0.6) is 11.5 Å². The number of carboxylic acid groups (broad SMARTS) is 1. The number of carboxylic acids is 1. The van der Waals surface area contributed by atoms with Gasteiger partial charge in [0.05, 0.1) is 25.6 Å². The van der Waals surface area contributed by atoms with Crippen LogP contribution in [0, 0.1) is 6.92 Å². The Bertz CT molecular complexity index is 1590. The topological polar surface area (TPSA) is 117 Å². The van der Waals surface area contributed by atoms with Gasteiger partial charge in [-0.2, -0.15) is 0 Å². The van der Waals surface area contributed by atoms with E-state index in [1.807, 2.05) is 41.5 Å². The lowest BCUT2D eigenvalue weighted by atomic mass is 10.0. The van der Waals surface area contributed by atoms with E-state index in [9.17, 15) is 19.5 Å². The second-order valence-corrected chi connectivity index (χ2v) is 12.7. The number of carbonyl (C=O) groups is 3. The van der Waals surface area contributed by atoms with Crippen molar-refractivity contribution in [3.05, 3.63) is 80.9 Å². The lowest BCUT2D eigenvalue weighted by molar-refractivity contribution is -0.137. The number of benzene rings is 2. The molecule has 3 amide bonds. The van der Waals surface area contributed by atoms with Crippen molar-refractivity contribution in [3.8, 4) is 11.5 Å². The molecule has 2 aromatic heterocycles. The third-order valence-corrected chi connectivity index (χ3v) is 9.57. The smallest absolute Gasteiger partial charge is 0.315 e. The van der Waals surface area contributed by atoms with Crippen LogP contribution >= 0.6 is 22.7 Å². The van der Waals surface area contributed by atoms with Crippen LogP contribution in [0.15, 0.2) is 60.0 Å². The van der Waals surface area contributed by atoms with E-state index in [0.29, 0.717) is 36.6 Å². The van der Waals surface area contributed by atoms with Gasteiger partial charge in [-0.05, 0) is 59.5 Å². The Labute approximate surface area is 258 Å². The van der Waals surface area contributed by atoms with Crippen LogP contribution in [0.1, 0.15) is 59.5 Å². The summed E-state index contributed by atoms with van der Waals surface area (Å²) in [5.41, 5.74) is 1.72. The van der Waals surface area contributed by atoms with Crippen LogP contribution < -0.4 is 20.1 Å². The third kappa shape index (κ3) is 7.47. The Balaban J connectivity index is 1.36. The Hall–Kier alpha value is -4.09. The minimum atomic E-state index is -1.07. The lowest BCUT2D eigenvalue weighted by Crippen LogP contribution is -2.51. The number of ether oxygens (including phenoxy) is 2. The summed E-state index contributed by atoms with van der Waals surface area (Å²) in [7, 11) is 0. The molecule has 4 aromatic rings. The summed E-state index contributed by atoms with van der Waals surface area (Å²) in [6.45, 7) is 5.05. The second-order valence-electron chi connectivity index (χ2n) is 10.5. The first-order valence-corrected chi connectivity index (χ1v) is 16.0. The number of urea groups is 1. The Morgan fingerprint density at radius 3 is 2.58 bits per heavy atom. The average molecular weight is 622 g/mol. The predicted octanol–water partition coefficient (Wildman–Crippen LogP) is 6.60. The van der Waals surface area contributed by atoms with Crippen molar-refractivity contribution in [2.24, 2.45) is 0 Å². The van der Waals surface area contributed by atoms with Crippen molar-refractivity contribution in [1.82, 2.24) is 15.5 Å². The van der Waals surface area contributed by atoms with Crippen molar-refractivity contribution < 1.29 is 29.0 Å². The maximum absolute atomic E-state index is 14.2. The molecule has 3 heterocycles. The van der Waals surface area contributed by atoms with Gasteiger partial charge in [0.2, 0.25) is 12.7 Å². The van der Waals surface area contributed by atoms with Crippen LogP contribution in [-0.2, 0) is 22.7 Å². The quantitative estimate of drug-likeness (QED) is 0.155. The summed E-state index contributed by atoms with van der Waals surface area (Å²) >= 11 is 3.27. The number of rotatable bonds is 13. The summed E-state index contributed by atoms with van der Waals surface area (Å²) in [5.74, 6) is -0.187. The molecule has 0 bridgehead atoms. The molecule has 226 valence electrons. The number of fused-ring (bicyclic) bond motifs is 2. The van der Waals surface area contributed by atoms with E-state index >= 15 is 0 Å². The normalized spacial score (nSPS) is 13.4. The number of thiophene rings is 2. The number of nitrogens with zero attached hydrogens (tertiary/aromatic N) is 1. The molecule has 1 aliphatic heterocycles. The predicted molar refractivity (Wildman–Crippen MR) is 168 cm³/mol. The third-order valence-electron chi connectivity index (χ3n) is 7.45. The van der Waals surface area contributed by atoms with Gasteiger partial charge in [-0.25, -0.2) is 4.79 Å². The summed E-state index contributed by atoms with van der Waals surface area (Å²) in [4.78, 5) is 43.2. The molecule has 2 atom stereocenters. The van der Waals surface area contributed by atoms with Gasteiger partial charge >= 0.3 is 12.0 Å². The maximum Gasteiger partial charge on any atom is 0.315 e. The molecule has 0 fully saturated rings. The lowest BCUT2D eigenvalue weighted by Gasteiger charge is -2.28. The van der Waals surface area contributed by atoms with Crippen molar-refractivity contribution >= 4 is 50.7 Å². The molecule has 11 heteroatoms. The molecular weight excluding hydrogens is 587 g/mol. The molecule has 3 N–H and O–H groups in total. The van der Waals surface area contributed by atoms with Crippen molar-refractivity contribution in [3.63, 3.8) is 0 Å². The Morgan fingerprint density at radius 2 is 1.84 bits per heavy atom. The molecule has 1 aliphatic rings. The molecule has 43 heavy (non-hydrogen) atoms. The van der Waals surface area contributed by atoms with E-state index in [-0.39, 0.29) is 19.1 Å². The van der Waals surface area contributed by atoms with E-state index in [0.717, 1.165) is 28.2 Å². The monoisotopic (exact) mass is 621 g/mol. The van der Waals surface area contributed by atoms with E-state index in [4.69, 9.17) is 9.47 Å². The molecule has 0 saturated carbocycles. The van der Waals surface area contributed by atoms with Crippen molar-refractivity contribution in [2.45, 2.75) is 64.7 Å². The SMILES string of the molecule is CCCC[C@H](NC(=O)N[C@@H](CC(=O)O)c1ccc2c(c1)OCO2)C(=O)N(Cc1cccs1)Cc1sc2ccccc2c1C. The van der Waals surface area contributed by atoms with Gasteiger partial charge in [0.25, 0.3) is 0 Å². The average Bonchev–Trinajstić information content (AvgIpc) is 3.75. The minimum absolute atomic E-state index is 0.0838. The fourth-order valence-electron chi connectivity index (χ4n) is 5.15. The first-order valence-electron chi connectivity index (χ1n) is 14.3. The highest BCUT2D eigenvalue weighted by Crippen LogP contribution is 2.35. The van der Waals surface area contributed by atoms with Crippen molar-refractivity contribution in [2.75, 3.05) is 6.79 Å². The molecule has 0 spiro atoms. The van der Waals surface area contributed by atoms with E-state index in [1.54, 1.807) is 40.9 Å². The van der Waals surface area contributed by atoms with Gasteiger partial charge in [-0.15, -0.1) is 22.7 Å². The standard InChI is InChI=1S/C32H35N3O6S2/c1-3-4-10-24(33-32(39)34-25(16-30(36)37)21-12-13-26-27(15-21)41-19-40-26)31(38)35(17-22-8-7-14-42-22)18-29-20(2)23-9-5-6-11-28(23)43-29/h5-9,11-15,24-25H,3-4,10,16-19H2,1-2H3,(H,36,37)(H2,33,34,39)/t24-,25-/m0/s1. The number of aliphatic carboxylic acids is 1. The zero-order valence-corrected chi connectivity index (χ0v) is 25.8. The van der Waals surface area contributed by atoms with Crippen LogP contribution in [-0.4, -0.2) is 40.7 Å². The van der Waals surface area contributed by atoms with Crippen LogP contribution in [0.3, 0.4) is 0 Å². The first kappa shape index (κ1) is 30.4. The molecule has 5 rings (SSSR count). The van der Waals surface area contributed by atoms with Gasteiger partial charge in [-0.1, -0.05) is 50.1 Å². The van der Waals surface area contributed by atoms with E-state index in [1.165, 1.54) is 10.1 Å². The summed E-state index contributed by atoms with van der Waals surface area (Å²) in [6.07, 6.45) is 1.72. The first-order chi connectivity index (χ1) is 20.8. The number of carbonyl (C=O) groups excluding carboxylic acids is 2. The largest absolute Gasteiger partial charge is 0.481 e. The highest BCUT2D eigenvalue weighted by atomic mass is 32.1. The molecule has 0 saturated heterocycles. The zero-order chi connectivity index (χ0) is 30.3. The number of hydrogen-bond acceptors (Lipinski definition) is 7. The highest BCUT2D eigenvalue weighted by Gasteiger charge is 2.29. The number of amides is 3. The molecule has 0 unspecified atom stereocenters. The molecule has 2 aromatic carbocycles. The van der Waals surface area contributed by atoms with Gasteiger partial charge in [0.1, 0.15) is 6.04 Å². The van der Waals surface area contributed by atoms with Crippen molar-refractivity contribution in [1.29, 1.82) is 0 Å². The number of unbranched alkanes of at least 4 members (excludes halogenated alkanes) is 1. The summed E-state index contributed by atoms with van der Waals surface area (Å²) in [5, 5.41) is 18.4. The fourth-order valence-corrected chi connectivity index (χ4v) is 7.10. The minimum Gasteiger partial charge on any atom is -0.481 e. The Kier molecular flexibility index (Phi) is 9.83. The number of aryl methyl sites for hydroxylation is 1. The van der Waals surface area contributed by atoms with Crippen LogP contribution in [0.4, 0.5) is 4.79 Å². The number of hydrogen-bond donors (Lipinski definition) is 3. The van der Waals surface area contributed by atoms with Crippen LogP contribution in [0.25, 0.3) is 10.1 Å². The summed E-state index contributed by atoms with van der Waals surface area (Å²) < 4.78 is 12.0. The molecule has 0 radical (unpaired) electrons. The van der Waals surface area contributed by atoms with Crippen LogP contribution in [0.2, 0.25) is 0 Å². The number of nitrogens with one attached hydrogen (secondary N) is 2. The zero-order valence-electron chi connectivity index (χ0n) is 24.1. The van der Waals surface area contributed by atoms with E-state index in [2.05, 4.69) is 29.7 Å². The second kappa shape index (κ2) is 13.9. The fraction of sp³-hybridized carbons (Fsp3) is 0.344. The van der Waals surface area contributed by atoms with Gasteiger partial charge in [-0.3, -0.25) is 9.59 Å². The molecular formula is C32H35N3O6S2. The highest BCUT2D eigenvalue weighted by molar-refractivity contribution is 7.19. The maximum atomic E-state index is 14.2. The van der Waals surface area contributed by atoms with Gasteiger partial charge < -0.3 is 30.1 Å². The Morgan fingerprint density at radius 1 is 1.02 bits per heavy atom. The van der Waals surface area contributed by atoms with E-state index < -0.39 is 24.1 Å². The molecule has 9 nitrogen and oxygen atoms in total. The molecule has 0 aliphatic carbocycles. The summed E-state index contributed by atoms with van der Waals surface area (Å²) in [6, 6.07) is 15.0.